The van der Waals surface area contributed by atoms with Crippen molar-refractivity contribution in [1.82, 2.24) is 9.97 Å². The molecule has 0 radical (unpaired) electrons. The molecule has 2 aromatic heterocycles. The third kappa shape index (κ3) is 4.09. The lowest BCUT2D eigenvalue weighted by Crippen LogP contribution is -2.15. The lowest BCUT2D eigenvalue weighted by molar-refractivity contribution is -0.0169. The van der Waals surface area contributed by atoms with Crippen molar-refractivity contribution in [1.29, 1.82) is 0 Å². The van der Waals surface area contributed by atoms with Crippen molar-refractivity contribution < 1.29 is 19.0 Å². The molecule has 0 aliphatic carbocycles. The summed E-state index contributed by atoms with van der Waals surface area (Å²) in [5, 5.41) is 4.08. The van der Waals surface area contributed by atoms with Crippen LogP contribution < -0.4 is 4.74 Å². The van der Waals surface area contributed by atoms with Crippen LogP contribution in [0.1, 0.15) is 28.4 Å². The van der Waals surface area contributed by atoms with Gasteiger partial charge in [-0.05, 0) is 24.6 Å². The third-order valence-corrected chi connectivity index (χ3v) is 7.01. The van der Waals surface area contributed by atoms with E-state index in [-0.39, 0.29) is 12.8 Å². The topological polar surface area (TPSA) is 70.5 Å². The van der Waals surface area contributed by atoms with Crippen LogP contribution in [0.5, 0.6) is 5.75 Å². The summed E-state index contributed by atoms with van der Waals surface area (Å²) in [4.78, 5) is 22.4. The van der Waals surface area contributed by atoms with Crippen LogP contribution in [0.4, 0.5) is 0 Å². The summed E-state index contributed by atoms with van der Waals surface area (Å²) >= 11 is 3.22. The highest BCUT2D eigenvalue weighted by Crippen LogP contribution is 2.40. The van der Waals surface area contributed by atoms with E-state index in [9.17, 15) is 4.79 Å². The molecule has 1 aliphatic heterocycles. The van der Waals surface area contributed by atoms with Gasteiger partial charge in [-0.15, -0.1) is 23.1 Å². The standard InChI is InChI=1S/C24H20N2O4S2/c1-2-29-24(27)16-8-17-10-28-14-30-21(17)18(9-16)11-31-22-20-19(15-6-4-3-5-7-15)12-32-23(20)26-13-25-22/h3-9,12-13H,2,10-11,14H2,1H3. The number of carbonyl (C=O) groups is 1. The van der Waals surface area contributed by atoms with Crippen LogP contribution in [0.2, 0.25) is 0 Å². The zero-order chi connectivity index (χ0) is 21.9. The van der Waals surface area contributed by atoms with Gasteiger partial charge in [-0.1, -0.05) is 30.3 Å². The first-order valence-electron chi connectivity index (χ1n) is 10.2. The van der Waals surface area contributed by atoms with Gasteiger partial charge in [-0.3, -0.25) is 0 Å². The molecule has 6 nitrogen and oxygen atoms in total. The van der Waals surface area contributed by atoms with Crippen molar-refractivity contribution in [3.63, 3.8) is 0 Å². The molecule has 0 fully saturated rings. The second-order valence-corrected chi connectivity index (χ2v) is 8.94. The number of ether oxygens (including phenoxy) is 3. The van der Waals surface area contributed by atoms with E-state index in [4.69, 9.17) is 14.2 Å². The summed E-state index contributed by atoms with van der Waals surface area (Å²) in [6.45, 7) is 2.72. The van der Waals surface area contributed by atoms with Gasteiger partial charge in [-0.25, -0.2) is 14.8 Å². The number of hydrogen-bond donors (Lipinski definition) is 0. The molecule has 0 saturated carbocycles. The first-order valence-corrected chi connectivity index (χ1v) is 12.0. The van der Waals surface area contributed by atoms with Crippen molar-refractivity contribution in [3.05, 3.63) is 70.9 Å². The number of benzene rings is 2. The number of thioether (sulfide) groups is 1. The number of nitrogens with zero attached hydrogens (tertiary/aromatic N) is 2. The third-order valence-electron chi connectivity index (χ3n) is 5.08. The van der Waals surface area contributed by atoms with E-state index in [2.05, 4.69) is 27.5 Å². The van der Waals surface area contributed by atoms with Crippen LogP contribution in [0, 0.1) is 0 Å². The monoisotopic (exact) mass is 464 g/mol. The van der Waals surface area contributed by atoms with Gasteiger partial charge in [0, 0.05) is 27.8 Å². The van der Waals surface area contributed by atoms with Crippen molar-refractivity contribution >= 4 is 39.3 Å². The summed E-state index contributed by atoms with van der Waals surface area (Å²) in [5.74, 6) is 1.02. The molecular weight excluding hydrogens is 444 g/mol. The minimum atomic E-state index is -0.347. The lowest BCUT2D eigenvalue weighted by atomic mass is 10.0. The SMILES string of the molecule is CCOC(=O)c1cc2c(c(CSc3ncnc4scc(-c5ccccc5)c34)c1)OCOC2. The highest BCUT2D eigenvalue weighted by Gasteiger charge is 2.21. The highest BCUT2D eigenvalue weighted by molar-refractivity contribution is 7.98. The van der Waals surface area contributed by atoms with Gasteiger partial charge in [0.05, 0.1) is 24.2 Å². The van der Waals surface area contributed by atoms with E-state index in [1.807, 2.05) is 24.3 Å². The van der Waals surface area contributed by atoms with Crippen LogP contribution in [0.25, 0.3) is 21.3 Å². The largest absolute Gasteiger partial charge is 0.467 e. The van der Waals surface area contributed by atoms with Crippen molar-refractivity contribution in [2.45, 2.75) is 24.3 Å². The molecule has 0 atom stereocenters. The molecule has 8 heteroatoms. The number of rotatable bonds is 6. The molecule has 0 saturated heterocycles. The molecule has 32 heavy (non-hydrogen) atoms. The number of thiophene rings is 1. The lowest BCUT2D eigenvalue weighted by Gasteiger charge is -2.21. The van der Waals surface area contributed by atoms with E-state index in [0.717, 1.165) is 43.2 Å². The zero-order valence-corrected chi connectivity index (χ0v) is 19.0. The Hall–Kier alpha value is -2.94. The van der Waals surface area contributed by atoms with Gasteiger partial charge in [0.25, 0.3) is 0 Å². The molecule has 4 aromatic rings. The van der Waals surface area contributed by atoms with Crippen LogP contribution in [0.15, 0.2) is 59.2 Å². The van der Waals surface area contributed by atoms with E-state index in [0.29, 0.717) is 24.5 Å². The molecule has 0 bridgehead atoms. The van der Waals surface area contributed by atoms with Crippen LogP contribution in [-0.2, 0) is 21.8 Å². The van der Waals surface area contributed by atoms with Crippen molar-refractivity contribution in [2.75, 3.05) is 13.4 Å². The van der Waals surface area contributed by atoms with Crippen molar-refractivity contribution in [3.8, 4) is 16.9 Å². The zero-order valence-electron chi connectivity index (χ0n) is 17.4. The first-order chi connectivity index (χ1) is 15.7. The Bertz CT molecular complexity index is 1270. The summed E-state index contributed by atoms with van der Waals surface area (Å²) < 4.78 is 16.4. The van der Waals surface area contributed by atoms with E-state index in [1.165, 1.54) is 0 Å². The minimum Gasteiger partial charge on any atom is -0.467 e. The summed E-state index contributed by atoms with van der Waals surface area (Å²) in [7, 11) is 0. The normalized spacial score (nSPS) is 12.9. The van der Waals surface area contributed by atoms with E-state index in [1.54, 1.807) is 42.4 Å². The fourth-order valence-corrected chi connectivity index (χ4v) is 5.63. The highest BCUT2D eigenvalue weighted by atomic mass is 32.2. The molecule has 2 aromatic carbocycles. The Morgan fingerprint density at radius 3 is 2.94 bits per heavy atom. The number of aromatic nitrogens is 2. The summed E-state index contributed by atoms with van der Waals surface area (Å²) in [6, 6.07) is 13.9. The first kappa shape index (κ1) is 20.9. The average molecular weight is 465 g/mol. The quantitative estimate of drug-likeness (QED) is 0.206. The second-order valence-electron chi connectivity index (χ2n) is 7.12. The number of carbonyl (C=O) groups excluding carboxylic acids is 1. The number of esters is 1. The average Bonchev–Trinajstić information content (AvgIpc) is 3.28. The predicted molar refractivity (Wildman–Crippen MR) is 125 cm³/mol. The fraction of sp³-hybridized carbons (Fsp3) is 0.208. The fourth-order valence-electron chi connectivity index (χ4n) is 3.67. The Labute approximate surface area is 193 Å². The van der Waals surface area contributed by atoms with Crippen LogP contribution >= 0.6 is 23.1 Å². The molecular formula is C24H20N2O4S2. The Balaban J connectivity index is 1.50. The van der Waals surface area contributed by atoms with Gasteiger partial charge < -0.3 is 14.2 Å². The number of fused-ring (bicyclic) bond motifs is 2. The summed E-state index contributed by atoms with van der Waals surface area (Å²) in [5.41, 5.74) is 4.54. The molecule has 1 aliphatic rings. The maximum Gasteiger partial charge on any atom is 0.338 e. The minimum absolute atomic E-state index is 0.198. The van der Waals surface area contributed by atoms with Gasteiger partial charge >= 0.3 is 5.97 Å². The maximum absolute atomic E-state index is 12.4. The molecule has 162 valence electrons. The van der Waals surface area contributed by atoms with Gasteiger partial charge in [0.2, 0.25) is 0 Å². The molecule has 0 amide bonds. The smallest absolute Gasteiger partial charge is 0.338 e. The van der Waals surface area contributed by atoms with E-state index < -0.39 is 0 Å². The maximum atomic E-state index is 12.4. The summed E-state index contributed by atoms with van der Waals surface area (Å²) in [6.07, 6.45) is 1.60. The Morgan fingerprint density at radius 2 is 2.09 bits per heavy atom. The molecule has 0 N–H and O–H groups in total. The van der Waals surface area contributed by atoms with Crippen molar-refractivity contribution in [2.24, 2.45) is 0 Å². The number of hydrogen-bond acceptors (Lipinski definition) is 8. The van der Waals surface area contributed by atoms with Gasteiger partial charge in [0.15, 0.2) is 6.79 Å². The molecule has 0 spiro atoms. The van der Waals surface area contributed by atoms with Crippen LogP contribution in [-0.4, -0.2) is 29.3 Å². The van der Waals surface area contributed by atoms with Gasteiger partial charge in [-0.2, -0.15) is 0 Å². The Morgan fingerprint density at radius 1 is 1.22 bits per heavy atom. The second kappa shape index (κ2) is 9.28. The predicted octanol–water partition coefficient (Wildman–Crippen LogP) is 5.69. The van der Waals surface area contributed by atoms with Gasteiger partial charge in [0.1, 0.15) is 21.9 Å². The van der Waals surface area contributed by atoms with E-state index >= 15 is 0 Å². The van der Waals surface area contributed by atoms with Crippen LogP contribution in [0.3, 0.4) is 0 Å². The Kier molecular flexibility index (Phi) is 6.07. The molecule has 0 unspecified atom stereocenters. The molecule has 3 heterocycles. The molecule has 5 rings (SSSR count).